The van der Waals surface area contributed by atoms with E-state index in [1.807, 2.05) is 6.07 Å². The molecule has 98 valence electrons. The highest BCUT2D eigenvalue weighted by atomic mass is 16.5. The standard InChI is InChI=1S/C14H12O5/c1-18-11-5-3-2-4-9(11)8-10(15)12-6-7-13(19-12)14(16)17/h2-7H,8H2,1H3,(H,16,17). The van der Waals surface area contributed by atoms with Gasteiger partial charge in [-0.25, -0.2) is 4.79 Å². The van der Waals surface area contributed by atoms with Crippen molar-refractivity contribution in [3.05, 3.63) is 53.5 Å². The van der Waals surface area contributed by atoms with Crippen LogP contribution in [0.5, 0.6) is 5.75 Å². The SMILES string of the molecule is COc1ccccc1CC(=O)c1ccc(C(=O)O)o1. The molecule has 2 aromatic rings. The molecular weight excluding hydrogens is 248 g/mol. The fraction of sp³-hybridized carbons (Fsp3) is 0.143. The maximum Gasteiger partial charge on any atom is 0.371 e. The van der Waals surface area contributed by atoms with Crippen LogP contribution in [0.4, 0.5) is 0 Å². The molecule has 1 aromatic carbocycles. The molecule has 0 aliphatic heterocycles. The molecule has 0 amide bonds. The Bertz CT molecular complexity index is 612. The summed E-state index contributed by atoms with van der Waals surface area (Å²) in [7, 11) is 1.53. The van der Waals surface area contributed by atoms with Crippen LogP contribution in [0.3, 0.4) is 0 Å². The van der Waals surface area contributed by atoms with E-state index in [2.05, 4.69) is 0 Å². The quantitative estimate of drug-likeness (QED) is 0.835. The van der Waals surface area contributed by atoms with E-state index in [1.165, 1.54) is 19.2 Å². The number of carbonyl (C=O) groups excluding carboxylic acids is 1. The number of carboxylic acids is 1. The first-order valence-corrected chi connectivity index (χ1v) is 5.60. The van der Waals surface area contributed by atoms with Crippen molar-refractivity contribution in [2.45, 2.75) is 6.42 Å². The zero-order valence-corrected chi connectivity index (χ0v) is 10.3. The highest BCUT2D eigenvalue weighted by Gasteiger charge is 2.16. The van der Waals surface area contributed by atoms with E-state index in [4.69, 9.17) is 14.3 Å². The lowest BCUT2D eigenvalue weighted by Crippen LogP contribution is -2.04. The minimum atomic E-state index is -1.20. The predicted molar refractivity (Wildman–Crippen MR) is 66.7 cm³/mol. The second-order valence-electron chi connectivity index (χ2n) is 3.88. The number of methoxy groups -OCH3 is 1. The van der Waals surface area contributed by atoms with Gasteiger partial charge in [0, 0.05) is 12.0 Å². The van der Waals surface area contributed by atoms with Crippen LogP contribution in [0.15, 0.2) is 40.8 Å². The van der Waals surface area contributed by atoms with Crippen LogP contribution < -0.4 is 4.74 Å². The van der Waals surface area contributed by atoms with E-state index in [-0.39, 0.29) is 23.7 Å². The number of Topliss-reactive ketones (excluding diaryl/α,β-unsaturated/α-hetero) is 1. The van der Waals surface area contributed by atoms with Gasteiger partial charge in [-0.2, -0.15) is 0 Å². The summed E-state index contributed by atoms with van der Waals surface area (Å²) in [6.07, 6.45) is 0.0938. The average molecular weight is 260 g/mol. The molecule has 1 aromatic heterocycles. The molecule has 1 heterocycles. The molecule has 0 unspecified atom stereocenters. The van der Waals surface area contributed by atoms with Gasteiger partial charge in [0.05, 0.1) is 7.11 Å². The Labute approximate surface area is 109 Å². The maximum atomic E-state index is 12.0. The molecule has 1 N–H and O–H groups in total. The van der Waals surface area contributed by atoms with Gasteiger partial charge in [-0.15, -0.1) is 0 Å². The summed E-state index contributed by atoms with van der Waals surface area (Å²) >= 11 is 0. The molecule has 0 spiro atoms. The van der Waals surface area contributed by atoms with E-state index >= 15 is 0 Å². The Morgan fingerprint density at radius 1 is 1.16 bits per heavy atom. The smallest absolute Gasteiger partial charge is 0.371 e. The Morgan fingerprint density at radius 3 is 2.47 bits per heavy atom. The van der Waals surface area contributed by atoms with Crippen LogP contribution >= 0.6 is 0 Å². The zero-order valence-electron chi connectivity index (χ0n) is 10.3. The molecule has 0 saturated carbocycles. The fourth-order valence-electron chi connectivity index (χ4n) is 1.71. The van der Waals surface area contributed by atoms with Gasteiger partial charge >= 0.3 is 5.97 Å². The van der Waals surface area contributed by atoms with E-state index in [9.17, 15) is 9.59 Å². The maximum absolute atomic E-state index is 12.0. The molecule has 0 fully saturated rings. The van der Waals surface area contributed by atoms with Crippen LogP contribution in [0, 0.1) is 0 Å². The summed E-state index contributed by atoms with van der Waals surface area (Å²) in [5.74, 6) is -1.10. The molecule has 5 heteroatoms. The number of carbonyl (C=O) groups is 2. The minimum absolute atomic E-state index is 0.0308. The Hall–Kier alpha value is -2.56. The second kappa shape index (κ2) is 5.39. The van der Waals surface area contributed by atoms with Gasteiger partial charge in [-0.1, -0.05) is 18.2 Å². The fourth-order valence-corrected chi connectivity index (χ4v) is 1.71. The van der Waals surface area contributed by atoms with Crippen molar-refractivity contribution < 1.29 is 23.8 Å². The number of hydrogen-bond acceptors (Lipinski definition) is 4. The molecule has 0 radical (unpaired) electrons. The number of benzene rings is 1. The van der Waals surface area contributed by atoms with Gasteiger partial charge in [-0.05, 0) is 18.2 Å². The minimum Gasteiger partial charge on any atom is -0.496 e. The van der Waals surface area contributed by atoms with Gasteiger partial charge in [0.2, 0.25) is 11.5 Å². The number of para-hydroxylation sites is 1. The lowest BCUT2D eigenvalue weighted by molar-refractivity contribution is 0.0660. The van der Waals surface area contributed by atoms with Crippen molar-refractivity contribution >= 4 is 11.8 Å². The Kier molecular flexibility index (Phi) is 3.66. The molecule has 0 atom stereocenters. The van der Waals surface area contributed by atoms with Crippen LogP contribution in [-0.2, 0) is 6.42 Å². The average Bonchev–Trinajstić information content (AvgIpc) is 2.89. The van der Waals surface area contributed by atoms with Crippen LogP contribution in [0.25, 0.3) is 0 Å². The number of ketones is 1. The van der Waals surface area contributed by atoms with Crippen molar-refractivity contribution in [1.82, 2.24) is 0 Å². The Balaban J connectivity index is 2.18. The summed E-state index contributed by atoms with van der Waals surface area (Å²) < 4.78 is 10.1. The largest absolute Gasteiger partial charge is 0.496 e. The first kappa shape index (κ1) is 12.9. The lowest BCUT2D eigenvalue weighted by Gasteiger charge is -2.06. The zero-order chi connectivity index (χ0) is 13.8. The molecular formula is C14H12O5. The van der Waals surface area contributed by atoms with Gasteiger partial charge in [0.25, 0.3) is 0 Å². The first-order chi connectivity index (χ1) is 9.11. The third kappa shape index (κ3) is 2.82. The number of aromatic carboxylic acids is 1. The van der Waals surface area contributed by atoms with Gasteiger partial charge in [0.15, 0.2) is 5.76 Å². The highest BCUT2D eigenvalue weighted by Crippen LogP contribution is 2.20. The number of hydrogen-bond donors (Lipinski definition) is 1. The highest BCUT2D eigenvalue weighted by molar-refractivity contribution is 5.96. The molecule has 0 aliphatic carbocycles. The van der Waals surface area contributed by atoms with Crippen molar-refractivity contribution in [2.75, 3.05) is 7.11 Å². The Morgan fingerprint density at radius 2 is 1.84 bits per heavy atom. The summed E-state index contributed by atoms with van der Waals surface area (Å²) in [5.41, 5.74) is 0.725. The second-order valence-corrected chi connectivity index (χ2v) is 3.88. The molecule has 5 nitrogen and oxygen atoms in total. The lowest BCUT2D eigenvalue weighted by atomic mass is 10.1. The summed E-state index contributed by atoms with van der Waals surface area (Å²) in [6.45, 7) is 0. The molecule has 0 bridgehead atoms. The van der Waals surface area contributed by atoms with Gasteiger partial charge < -0.3 is 14.3 Å². The van der Waals surface area contributed by atoms with Crippen molar-refractivity contribution in [3.63, 3.8) is 0 Å². The summed E-state index contributed by atoms with van der Waals surface area (Å²) in [4.78, 5) is 22.6. The van der Waals surface area contributed by atoms with Crippen molar-refractivity contribution in [3.8, 4) is 5.75 Å². The third-order valence-corrected chi connectivity index (χ3v) is 2.64. The monoisotopic (exact) mass is 260 g/mol. The van der Waals surface area contributed by atoms with E-state index in [0.29, 0.717) is 5.75 Å². The topological polar surface area (TPSA) is 76.7 Å². The molecule has 0 saturated heterocycles. The normalized spacial score (nSPS) is 10.2. The van der Waals surface area contributed by atoms with Crippen molar-refractivity contribution in [1.29, 1.82) is 0 Å². The predicted octanol–water partition coefficient (Wildman–Crippen LogP) is 2.41. The molecule has 2 rings (SSSR count). The van der Waals surface area contributed by atoms with Crippen LogP contribution in [0.2, 0.25) is 0 Å². The number of furan rings is 1. The summed E-state index contributed by atoms with van der Waals surface area (Å²) in [5, 5.41) is 8.73. The van der Waals surface area contributed by atoms with E-state index in [0.717, 1.165) is 5.56 Å². The van der Waals surface area contributed by atoms with E-state index in [1.54, 1.807) is 18.2 Å². The molecule has 19 heavy (non-hydrogen) atoms. The van der Waals surface area contributed by atoms with Crippen LogP contribution in [0.1, 0.15) is 26.7 Å². The van der Waals surface area contributed by atoms with E-state index < -0.39 is 5.97 Å². The van der Waals surface area contributed by atoms with Crippen LogP contribution in [-0.4, -0.2) is 24.0 Å². The number of rotatable bonds is 5. The number of carboxylic acid groups (broad SMARTS) is 1. The van der Waals surface area contributed by atoms with Crippen molar-refractivity contribution in [2.24, 2.45) is 0 Å². The van der Waals surface area contributed by atoms with Gasteiger partial charge in [0.1, 0.15) is 5.75 Å². The number of ether oxygens (including phenoxy) is 1. The summed E-state index contributed by atoms with van der Waals surface area (Å²) in [6, 6.07) is 9.77. The molecule has 0 aliphatic rings. The first-order valence-electron chi connectivity index (χ1n) is 5.60. The van der Waals surface area contributed by atoms with Gasteiger partial charge in [-0.3, -0.25) is 4.79 Å². The third-order valence-electron chi connectivity index (χ3n) is 2.64.